The molecule has 2 aliphatic heterocycles. The number of benzene rings is 3. The van der Waals surface area contributed by atoms with E-state index in [0.717, 1.165) is 35.7 Å². The summed E-state index contributed by atoms with van der Waals surface area (Å²) in [5, 5.41) is 4.41. The molecule has 0 aliphatic carbocycles. The molecule has 0 bridgehead atoms. The zero-order chi connectivity index (χ0) is 23.5. The first-order chi connectivity index (χ1) is 16.6. The van der Waals surface area contributed by atoms with Crippen molar-refractivity contribution in [1.82, 2.24) is 9.88 Å². The monoisotopic (exact) mass is 643 g/mol. The van der Waals surface area contributed by atoms with Crippen molar-refractivity contribution in [3.05, 3.63) is 131 Å². The smallest absolute Gasteiger partial charge is 0.668 e. The van der Waals surface area contributed by atoms with E-state index >= 15 is 0 Å². The number of pyridine rings is 1. The summed E-state index contributed by atoms with van der Waals surface area (Å²) in [6, 6.07) is 25.7. The molecule has 1 unspecified atom stereocenters. The zero-order valence-electron chi connectivity index (χ0n) is 19.0. The Bertz CT molecular complexity index is 1320. The van der Waals surface area contributed by atoms with E-state index in [1.807, 2.05) is 55.6 Å². The van der Waals surface area contributed by atoms with Crippen LogP contribution < -0.4 is 0 Å². The van der Waals surface area contributed by atoms with Crippen LogP contribution >= 0.6 is 0 Å². The first-order valence-electron chi connectivity index (χ1n) is 11.1. The summed E-state index contributed by atoms with van der Waals surface area (Å²) >= 11 is 0. The van der Waals surface area contributed by atoms with Crippen LogP contribution in [0.15, 0.2) is 85.3 Å². The molecule has 0 N–H and O–H groups in total. The number of rotatable bonds is 2. The van der Waals surface area contributed by atoms with E-state index in [4.69, 9.17) is 0 Å². The van der Waals surface area contributed by atoms with Gasteiger partial charge in [-0.2, -0.15) is 41.6 Å². The minimum atomic E-state index is -0.725. The molecule has 3 nitrogen and oxygen atoms in total. The fourth-order valence-electron chi connectivity index (χ4n) is 4.27. The maximum Gasteiger partial charge on any atom is 3.00 e. The van der Waals surface area contributed by atoms with Crippen molar-refractivity contribution in [1.29, 1.82) is 0 Å². The molecule has 1 atom stereocenters. The fraction of sp³-hybridized carbons (Fsp3) is 0.138. The molecule has 35 heavy (non-hydrogen) atoms. The number of hydrogen-bond donors (Lipinski definition) is 0. The maximum atomic E-state index is 13.3. The second kappa shape index (κ2) is 10.9. The molecule has 4 aromatic rings. The van der Waals surface area contributed by atoms with Crippen molar-refractivity contribution in [2.75, 3.05) is 6.54 Å². The number of hydrogen-bond acceptors (Lipinski definition) is 2. The number of fused-ring (bicyclic) bond motifs is 3. The second-order valence-corrected chi connectivity index (χ2v) is 8.23. The quantitative estimate of drug-likeness (QED) is 0.221. The third-order valence-corrected chi connectivity index (χ3v) is 5.95. The molecule has 0 saturated carbocycles. The Balaban J connectivity index is 0.000000177. The molecule has 0 radical (unpaired) electrons. The summed E-state index contributed by atoms with van der Waals surface area (Å²) in [6.07, 6.45) is 7.00. The van der Waals surface area contributed by atoms with Gasteiger partial charge in [0, 0.05) is 29.9 Å². The minimum absolute atomic E-state index is 0. The predicted molar refractivity (Wildman–Crippen MR) is 130 cm³/mol. The Kier molecular flexibility index (Phi) is 7.74. The topological polar surface area (TPSA) is 30.2 Å². The largest absolute Gasteiger partial charge is 3.00 e. The van der Waals surface area contributed by atoms with Gasteiger partial charge in [0.1, 0.15) is 0 Å². The Hall–Kier alpha value is -3.34. The minimum Gasteiger partial charge on any atom is -0.668 e. The maximum absolute atomic E-state index is 13.3. The summed E-state index contributed by atoms with van der Waals surface area (Å²) in [5.74, 6) is -1.36. The molecule has 6 rings (SSSR count). The third-order valence-electron chi connectivity index (χ3n) is 5.95. The van der Waals surface area contributed by atoms with Gasteiger partial charge in [-0.25, -0.2) is 8.78 Å². The van der Waals surface area contributed by atoms with Crippen LogP contribution in [0.3, 0.4) is 0 Å². The fourth-order valence-corrected chi connectivity index (χ4v) is 4.27. The Morgan fingerprint density at radius 1 is 1.06 bits per heavy atom. The van der Waals surface area contributed by atoms with Crippen molar-refractivity contribution >= 4 is 0 Å². The number of aromatic nitrogens is 1. The summed E-state index contributed by atoms with van der Waals surface area (Å²) in [4.78, 5) is 6.57. The predicted octanol–water partition coefficient (Wildman–Crippen LogP) is 7.00. The zero-order valence-corrected chi connectivity index (χ0v) is 21.4. The molecular weight excluding hydrogens is 621 g/mol. The van der Waals surface area contributed by atoms with Gasteiger partial charge in [0.2, 0.25) is 0 Å². The SMILES string of the molecule is Cc1cc(-c2[c-]c(F)cc(F)c2)ncc1-c1ccccc1.[Ir+3].[c-]1cccc2c1C1[N-]C=CN1CC2. The average molecular weight is 643 g/mol. The molecule has 3 heterocycles. The number of nitrogens with zero attached hydrogens (tertiary/aromatic N) is 3. The van der Waals surface area contributed by atoms with Gasteiger partial charge in [-0.3, -0.25) is 0 Å². The molecule has 3 aromatic carbocycles. The normalized spacial score (nSPS) is 15.2. The van der Waals surface area contributed by atoms with E-state index in [1.165, 1.54) is 17.2 Å². The van der Waals surface area contributed by atoms with Gasteiger partial charge in [-0.15, -0.1) is 17.7 Å². The van der Waals surface area contributed by atoms with Crippen molar-refractivity contribution < 1.29 is 28.9 Å². The molecule has 2 aliphatic rings. The summed E-state index contributed by atoms with van der Waals surface area (Å²) in [5.41, 5.74) is 6.51. The first-order valence-corrected chi connectivity index (χ1v) is 11.1. The van der Waals surface area contributed by atoms with Crippen LogP contribution in [-0.2, 0) is 26.5 Å². The van der Waals surface area contributed by atoms with Crippen LogP contribution in [0.4, 0.5) is 8.78 Å². The van der Waals surface area contributed by atoms with Gasteiger partial charge >= 0.3 is 20.1 Å². The molecule has 0 fully saturated rings. The van der Waals surface area contributed by atoms with E-state index in [1.54, 1.807) is 6.20 Å². The Labute approximate surface area is 217 Å². The Morgan fingerprint density at radius 2 is 1.89 bits per heavy atom. The van der Waals surface area contributed by atoms with Gasteiger partial charge < -0.3 is 15.2 Å². The first kappa shape index (κ1) is 24.8. The van der Waals surface area contributed by atoms with Crippen molar-refractivity contribution in [2.45, 2.75) is 19.5 Å². The van der Waals surface area contributed by atoms with Crippen LogP contribution in [0, 0.1) is 30.7 Å². The van der Waals surface area contributed by atoms with E-state index in [2.05, 4.69) is 45.7 Å². The molecule has 176 valence electrons. The average Bonchev–Trinajstić information content (AvgIpc) is 3.34. The molecule has 1 aromatic heterocycles. The summed E-state index contributed by atoms with van der Waals surface area (Å²) in [6.45, 7) is 3.03. The van der Waals surface area contributed by atoms with Crippen LogP contribution in [0.1, 0.15) is 22.9 Å². The van der Waals surface area contributed by atoms with Crippen LogP contribution in [0.5, 0.6) is 0 Å². The van der Waals surface area contributed by atoms with Gasteiger partial charge in [0.15, 0.2) is 0 Å². The standard InChI is InChI=1S/C18H12F2N.C11H10N2.Ir/c1-12-7-18(14-8-15(19)10-16(20)9-14)21-11-17(12)13-5-3-2-4-6-13;1-2-4-10-9(3-1)5-7-13-8-6-12-11(10)13;/h2-8,10-11H,1H3;1-3,6,8,11H,5,7H2;/q-1;-2;+3. The van der Waals surface area contributed by atoms with Crippen molar-refractivity contribution in [3.63, 3.8) is 0 Å². The summed E-state index contributed by atoms with van der Waals surface area (Å²) < 4.78 is 26.5. The van der Waals surface area contributed by atoms with Gasteiger partial charge in [0.25, 0.3) is 0 Å². The van der Waals surface area contributed by atoms with E-state index in [-0.39, 0.29) is 26.3 Å². The number of aryl methyl sites for hydroxylation is 1. The molecule has 0 amide bonds. The van der Waals surface area contributed by atoms with E-state index < -0.39 is 11.6 Å². The molecule has 6 heteroatoms. The van der Waals surface area contributed by atoms with Gasteiger partial charge in [-0.1, -0.05) is 48.9 Å². The Morgan fingerprint density at radius 3 is 2.66 bits per heavy atom. The second-order valence-electron chi connectivity index (χ2n) is 8.23. The summed E-state index contributed by atoms with van der Waals surface area (Å²) in [7, 11) is 0. The third kappa shape index (κ3) is 5.50. The van der Waals surface area contributed by atoms with Crippen molar-refractivity contribution in [2.24, 2.45) is 0 Å². The van der Waals surface area contributed by atoms with Crippen LogP contribution in [0.25, 0.3) is 27.7 Å². The van der Waals surface area contributed by atoms with Crippen molar-refractivity contribution in [3.8, 4) is 22.4 Å². The van der Waals surface area contributed by atoms with Crippen LogP contribution in [-0.4, -0.2) is 16.4 Å². The number of halogens is 2. The van der Waals surface area contributed by atoms with Gasteiger partial charge in [0.05, 0.1) is 0 Å². The van der Waals surface area contributed by atoms with E-state index in [9.17, 15) is 8.78 Å². The molecule has 0 spiro atoms. The van der Waals surface area contributed by atoms with Crippen LogP contribution in [0.2, 0.25) is 0 Å². The van der Waals surface area contributed by atoms with Gasteiger partial charge in [-0.05, 0) is 36.1 Å². The van der Waals surface area contributed by atoms with E-state index in [0.29, 0.717) is 11.3 Å². The molecular formula is C29H22F2IrN3. The molecule has 0 saturated heterocycles.